The lowest BCUT2D eigenvalue weighted by Gasteiger charge is -2.13. The summed E-state index contributed by atoms with van der Waals surface area (Å²) in [6.45, 7) is 0.289. The van der Waals surface area contributed by atoms with Gasteiger partial charge in [0.2, 0.25) is 5.91 Å². The van der Waals surface area contributed by atoms with Gasteiger partial charge in [-0.05, 0) is 18.2 Å². The van der Waals surface area contributed by atoms with Crippen molar-refractivity contribution in [3.63, 3.8) is 0 Å². The number of aromatic nitrogens is 1. The van der Waals surface area contributed by atoms with Crippen molar-refractivity contribution in [3.05, 3.63) is 88.2 Å². The zero-order valence-electron chi connectivity index (χ0n) is 15.7. The van der Waals surface area contributed by atoms with Crippen molar-refractivity contribution in [3.8, 4) is 11.5 Å². The van der Waals surface area contributed by atoms with Crippen LogP contribution in [-0.4, -0.2) is 22.9 Å². The molecule has 0 bridgehead atoms. The van der Waals surface area contributed by atoms with Gasteiger partial charge in [0, 0.05) is 41.3 Å². The van der Waals surface area contributed by atoms with Crippen LogP contribution in [0.1, 0.15) is 11.1 Å². The van der Waals surface area contributed by atoms with Crippen LogP contribution in [-0.2, 0) is 17.8 Å². The molecule has 29 heavy (non-hydrogen) atoms. The number of anilines is 1. The minimum Gasteiger partial charge on any atom is -0.493 e. The van der Waals surface area contributed by atoms with Crippen LogP contribution in [0.25, 0.3) is 0 Å². The molecule has 8 nitrogen and oxygen atoms in total. The molecule has 1 aromatic heterocycles. The van der Waals surface area contributed by atoms with Gasteiger partial charge >= 0.3 is 0 Å². The van der Waals surface area contributed by atoms with Crippen LogP contribution in [0.3, 0.4) is 0 Å². The fourth-order valence-electron chi connectivity index (χ4n) is 2.73. The molecule has 8 heteroatoms. The summed E-state index contributed by atoms with van der Waals surface area (Å²) < 4.78 is 11.1. The third kappa shape index (κ3) is 5.29. The Morgan fingerprint density at radius 3 is 2.69 bits per heavy atom. The zero-order valence-corrected chi connectivity index (χ0v) is 15.7. The van der Waals surface area contributed by atoms with Gasteiger partial charge in [-0.1, -0.05) is 24.3 Å². The Balaban J connectivity index is 1.70. The highest BCUT2D eigenvalue weighted by atomic mass is 16.6. The average molecular weight is 393 g/mol. The van der Waals surface area contributed by atoms with E-state index in [9.17, 15) is 14.9 Å². The van der Waals surface area contributed by atoms with Crippen LogP contribution in [0.4, 0.5) is 11.4 Å². The van der Waals surface area contributed by atoms with Crippen molar-refractivity contribution >= 4 is 17.3 Å². The number of carbonyl (C=O) groups is 1. The van der Waals surface area contributed by atoms with E-state index in [1.807, 2.05) is 12.1 Å². The second-order valence-electron chi connectivity index (χ2n) is 6.13. The molecule has 1 amide bonds. The van der Waals surface area contributed by atoms with Crippen LogP contribution in [0, 0.1) is 10.1 Å². The van der Waals surface area contributed by atoms with Crippen molar-refractivity contribution in [2.75, 3.05) is 12.4 Å². The number of para-hydroxylation sites is 1. The largest absolute Gasteiger partial charge is 0.493 e. The van der Waals surface area contributed by atoms with Crippen LogP contribution in [0.2, 0.25) is 0 Å². The summed E-state index contributed by atoms with van der Waals surface area (Å²) >= 11 is 0. The second kappa shape index (κ2) is 9.32. The Hall–Kier alpha value is -3.94. The van der Waals surface area contributed by atoms with Gasteiger partial charge in [-0.2, -0.15) is 0 Å². The number of nitro benzene ring substituents is 1. The highest BCUT2D eigenvalue weighted by molar-refractivity contribution is 5.93. The average Bonchev–Trinajstić information content (AvgIpc) is 2.73. The molecule has 0 fully saturated rings. The van der Waals surface area contributed by atoms with Gasteiger partial charge < -0.3 is 14.8 Å². The lowest BCUT2D eigenvalue weighted by Crippen LogP contribution is -2.15. The van der Waals surface area contributed by atoms with E-state index >= 15 is 0 Å². The molecule has 0 saturated heterocycles. The van der Waals surface area contributed by atoms with Crippen molar-refractivity contribution < 1.29 is 19.2 Å². The summed E-state index contributed by atoms with van der Waals surface area (Å²) in [5.41, 5.74) is 1.64. The normalized spacial score (nSPS) is 10.2. The first kappa shape index (κ1) is 19.8. The number of rotatable bonds is 8. The highest BCUT2D eigenvalue weighted by Gasteiger charge is 2.16. The van der Waals surface area contributed by atoms with Crippen LogP contribution in [0.5, 0.6) is 11.5 Å². The molecule has 0 aliphatic rings. The fraction of sp³-hybridized carbons (Fsp3) is 0.143. The molecule has 0 unspecified atom stereocenters. The third-order valence-electron chi connectivity index (χ3n) is 4.10. The van der Waals surface area contributed by atoms with E-state index in [1.165, 1.54) is 13.2 Å². The Morgan fingerprint density at radius 2 is 1.97 bits per heavy atom. The number of benzene rings is 2. The zero-order chi connectivity index (χ0) is 20.6. The van der Waals surface area contributed by atoms with Gasteiger partial charge in [-0.15, -0.1) is 0 Å². The summed E-state index contributed by atoms with van der Waals surface area (Å²) in [5, 5.41) is 13.8. The van der Waals surface area contributed by atoms with E-state index < -0.39 is 4.92 Å². The minimum atomic E-state index is -0.500. The lowest BCUT2D eigenvalue weighted by molar-refractivity contribution is -0.385. The number of ether oxygens (including phenoxy) is 2. The predicted molar refractivity (Wildman–Crippen MR) is 107 cm³/mol. The van der Waals surface area contributed by atoms with Gasteiger partial charge in [-0.25, -0.2) is 0 Å². The fourth-order valence-corrected chi connectivity index (χ4v) is 2.73. The summed E-state index contributed by atoms with van der Waals surface area (Å²) in [5.74, 6) is 0.605. The molecular weight excluding hydrogens is 374 g/mol. The monoisotopic (exact) mass is 393 g/mol. The van der Waals surface area contributed by atoms with Crippen LogP contribution in [0.15, 0.2) is 67.0 Å². The molecule has 0 atom stereocenters. The first-order chi connectivity index (χ1) is 14.1. The number of hydrogen-bond acceptors (Lipinski definition) is 6. The predicted octanol–water partition coefficient (Wildman–Crippen LogP) is 3.76. The van der Waals surface area contributed by atoms with E-state index in [4.69, 9.17) is 9.47 Å². The maximum Gasteiger partial charge on any atom is 0.273 e. The van der Waals surface area contributed by atoms with E-state index in [-0.39, 0.29) is 24.6 Å². The van der Waals surface area contributed by atoms with Gasteiger partial charge in [-0.3, -0.25) is 19.9 Å². The molecule has 3 rings (SSSR count). The first-order valence-electron chi connectivity index (χ1n) is 8.78. The maximum absolute atomic E-state index is 12.4. The molecular formula is C21H19N3O5. The van der Waals surface area contributed by atoms with Crippen molar-refractivity contribution in [2.24, 2.45) is 0 Å². The number of nitrogens with zero attached hydrogens (tertiary/aromatic N) is 2. The Labute approximate surface area is 167 Å². The molecule has 0 radical (unpaired) electrons. The SMILES string of the molecule is COc1ccc(NC(=O)Cc2ccccc2[N+](=O)[O-])cc1OCc1cccnc1. The molecule has 3 aromatic rings. The number of pyridine rings is 1. The molecule has 2 aromatic carbocycles. The van der Waals surface area contributed by atoms with E-state index in [2.05, 4.69) is 10.3 Å². The lowest BCUT2D eigenvalue weighted by atomic mass is 10.1. The van der Waals surface area contributed by atoms with E-state index in [0.717, 1.165) is 5.56 Å². The number of carbonyl (C=O) groups excluding carboxylic acids is 1. The summed E-state index contributed by atoms with van der Waals surface area (Å²) in [6.07, 6.45) is 3.26. The molecule has 0 saturated carbocycles. The van der Waals surface area contributed by atoms with Crippen molar-refractivity contribution in [1.29, 1.82) is 0 Å². The number of amides is 1. The Kier molecular flexibility index (Phi) is 6.36. The molecule has 1 heterocycles. The summed E-state index contributed by atoms with van der Waals surface area (Å²) in [4.78, 5) is 27.0. The first-order valence-corrected chi connectivity index (χ1v) is 8.78. The van der Waals surface area contributed by atoms with E-state index in [1.54, 1.807) is 48.8 Å². The molecule has 0 aliphatic heterocycles. The maximum atomic E-state index is 12.4. The van der Waals surface area contributed by atoms with Crippen molar-refractivity contribution in [1.82, 2.24) is 4.98 Å². The molecule has 148 valence electrons. The second-order valence-corrected chi connectivity index (χ2v) is 6.13. The van der Waals surface area contributed by atoms with Crippen molar-refractivity contribution in [2.45, 2.75) is 13.0 Å². The number of nitrogens with one attached hydrogen (secondary N) is 1. The van der Waals surface area contributed by atoms with Gasteiger partial charge in [0.1, 0.15) is 6.61 Å². The summed E-state index contributed by atoms with van der Waals surface area (Å²) in [7, 11) is 1.53. The molecule has 0 spiro atoms. The highest BCUT2D eigenvalue weighted by Crippen LogP contribution is 2.31. The van der Waals surface area contributed by atoms with Gasteiger partial charge in [0.25, 0.3) is 5.69 Å². The smallest absolute Gasteiger partial charge is 0.273 e. The quantitative estimate of drug-likeness (QED) is 0.462. The van der Waals surface area contributed by atoms with E-state index in [0.29, 0.717) is 22.7 Å². The number of nitro groups is 1. The Morgan fingerprint density at radius 1 is 1.14 bits per heavy atom. The number of methoxy groups -OCH3 is 1. The molecule has 1 N–H and O–H groups in total. The Bertz CT molecular complexity index is 1010. The topological polar surface area (TPSA) is 104 Å². The summed E-state index contributed by atoms with van der Waals surface area (Å²) in [6, 6.07) is 14.9. The van der Waals surface area contributed by atoms with Gasteiger partial charge in [0.15, 0.2) is 11.5 Å². The molecule has 0 aliphatic carbocycles. The third-order valence-corrected chi connectivity index (χ3v) is 4.10. The minimum absolute atomic E-state index is 0.0853. The van der Waals surface area contributed by atoms with Crippen LogP contribution >= 0.6 is 0 Å². The van der Waals surface area contributed by atoms with Crippen LogP contribution < -0.4 is 14.8 Å². The number of hydrogen-bond donors (Lipinski definition) is 1. The van der Waals surface area contributed by atoms with Gasteiger partial charge in [0.05, 0.1) is 18.5 Å². The standard InChI is InChI=1S/C21H19N3O5/c1-28-19-9-8-17(12-20(19)29-14-15-5-4-10-22-13-15)23-21(25)11-16-6-2-3-7-18(16)24(26)27/h2-10,12-13H,11,14H2,1H3,(H,23,25).